The van der Waals surface area contributed by atoms with E-state index in [9.17, 15) is 9.59 Å². The van der Waals surface area contributed by atoms with Crippen molar-refractivity contribution in [3.63, 3.8) is 0 Å². The zero-order valence-electron chi connectivity index (χ0n) is 24.9. The minimum atomic E-state index is -1.10. The molecule has 2 N–H and O–H groups in total. The van der Waals surface area contributed by atoms with Crippen molar-refractivity contribution in [1.82, 2.24) is 4.98 Å². The van der Waals surface area contributed by atoms with E-state index in [1.165, 1.54) is 70.1 Å². The van der Waals surface area contributed by atoms with Crippen LogP contribution in [-0.4, -0.2) is 29.1 Å². The van der Waals surface area contributed by atoms with Gasteiger partial charge in [0.1, 0.15) is 5.82 Å². The molecular formula is C33H39Cl2FN2O4S. The number of nitrogens with one attached hydrogen (secondary N) is 1. The molecule has 232 valence electrons. The largest absolute Gasteiger partial charge is 0.478 e. The Balaban J connectivity index is 1.64. The number of nitrogens with zero attached hydrogens (tertiary/aromatic N) is 1. The molecule has 1 unspecified atom stereocenters. The SMILES string of the molecule is CCCCCCCCCCCC(OC)c1cccc(-c2csc(NC(=O)c3cc(Cl)c(C=C(C)C(=O)O)c(Cl)c3)n2)c1F. The van der Waals surface area contributed by atoms with Crippen LogP contribution in [-0.2, 0) is 9.53 Å². The molecule has 1 atom stereocenters. The zero-order valence-corrected chi connectivity index (χ0v) is 27.2. The van der Waals surface area contributed by atoms with E-state index in [2.05, 4.69) is 17.2 Å². The van der Waals surface area contributed by atoms with Gasteiger partial charge in [0.25, 0.3) is 5.91 Å². The lowest BCUT2D eigenvalue weighted by molar-refractivity contribution is -0.132. The second-order valence-electron chi connectivity index (χ2n) is 10.5. The Labute approximate surface area is 267 Å². The minimum absolute atomic E-state index is 0.0490. The number of anilines is 1. The van der Waals surface area contributed by atoms with Crippen LogP contribution in [0.2, 0.25) is 10.0 Å². The van der Waals surface area contributed by atoms with E-state index in [0.717, 1.165) is 30.6 Å². The molecule has 1 amide bonds. The summed E-state index contributed by atoms with van der Waals surface area (Å²) in [5.41, 5.74) is 1.75. The van der Waals surface area contributed by atoms with Gasteiger partial charge >= 0.3 is 5.97 Å². The van der Waals surface area contributed by atoms with Crippen molar-refractivity contribution >= 4 is 57.6 Å². The summed E-state index contributed by atoms with van der Waals surface area (Å²) in [6.45, 7) is 3.64. The molecule has 0 saturated heterocycles. The number of ether oxygens (including phenoxy) is 1. The van der Waals surface area contributed by atoms with Gasteiger partial charge in [-0.2, -0.15) is 0 Å². The number of unbranched alkanes of at least 4 members (excludes halogenated alkanes) is 8. The predicted octanol–water partition coefficient (Wildman–Crippen LogP) is 10.6. The van der Waals surface area contributed by atoms with Gasteiger partial charge < -0.3 is 9.84 Å². The van der Waals surface area contributed by atoms with E-state index in [1.54, 1.807) is 30.7 Å². The van der Waals surface area contributed by atoms with Crippen LogP contribution in [0.25, 0.3) is 17.3 Å². The van der Waals surface area contributed by atoms with Crippen molar-refractivity contribution in [3.05, 3.63) is 73.8 Å². The molecule has 0 bridgehead atoms. The number of carboxylic acid groups (broad SMARTS) is 1. The van der Waals surface area contributed by atoms with Gasteiger partial charge in [0, 0.05) is 40.3 Å². The monoisotopic (exact) mass is 648 g/mol. The molecule has 0 fully saturated rings. The van der Waals surface area contributed by atoms with Gasteiger partial charge in [0.05, 0.1) is 21.8 Å². The molecule has 1 heterocycles. The number of carboxylic acids is 1. The number of halogens is 3. The number of carbonyl (C=O) groups is 2. The summed E-state index contributed by atoms with van der Waals surface area (Å²) in [5, 5.41) is 14.0. The van der Waals surface area contributed by atoms with Crippen LogP contribution in [0.15, 0.2) is 41.3 Å². The number of hydrogen-bond donors (Lipinski definition) is 2. The van der Waals surface area contributed by atoms with Crippen LogP contribution in [0.3, 0.4) is 0 Å². The van der Waals surface area contributed by atoms with Crippen molar-refractivity contribution < 1.29 is 23.8 Å². The van der Waals surface area contributed by atoms with Crippen LogP contribution < -0.4 is 5.32 Å². The van der Waals surface area contributed by atoms with Crippen molar-refractivity contribution in [2.24, 2.45) is 0 Å². The van der Waals surface area contributed by atoms with E-state index in [1.807, 2.05) is 0 Å². The summed E-state index contributed by atoms with van der Waals surface area (Å²) in [7, 11) is 1.61. The van der Waals surface area contributed by atoms with Crippen LogP contribution in [0, 0.1) is 5.82 Å². The number of methoxy groups -OCH3 is 1. The Bertz CT molecular complexity index is 1400. The molecule has 0 aliphatic carbocycles. The molecule has 10 heteroatoms. The molecule has 2 aromatic carbocycles. The van der Waals surface area contributed by atoms with Crippen molar-refractivity contribution in [1.29, 1.82) is 0 Å². The molecule has 1 aromatic heterocycles. The van der Waals surface area contributed by atoms with Crippen LogP contribution in [0.5, 0.6) is 0 Å². The maximum absolute atomic E-state index is 15.7. The van der Waals surface area contributed by atoms with Gasteiger partial charge in [0.2, 0.25) is 0 Å². The fourth-order valence-corrected chi connectivity index (χ4v) is 6.09. The molecule has 6 nitrogen and oxygen atoms in total. The summed E-state index contributed by atoms with van der Waals surface area (Å²) in [6, 6.07) is 8.01. The van der Waals surface area contributed by atoms with Gasteiger partial charge in [-0.15, -0.1) is 11.3 Å². The van der Waals surface area contributed by atoms with Crippen molar-refractivity contribution in [3.8, 4) is 11.3 Å². The first-order valence-electron chi connectivity index (χ1n) is 14.6. The Hall–Kier alpha value is -2.78. The number of amides is 1. The first-order chi connectivity index (χ1) is 20.7. The molecule has 0 aliphatic rings. The van der Waals surface area contributed by atoms with Crippen LogP contribution in [0.4, 0.5) is 9.52 Å². The molecular weight excluding hydrogens is 610 g/mol. The fourth-order valence-electron chi connectivity index (χ4n) is 4.79. The third-order valence-electron chi connectivity index (χ3n) is 7.27. The second kappa shape index (κ2) is 17.5. The average Bonchev–Trinajstić information content (AvgIpc) is 3.44. The van der Waals surface area contributed by atoms with E-state index >= 15 is 4.39 Å². The van der Waals surface area contributed by atoms with Gasteiger partial charge in [-0.05, 0) is 37.6 Å². The zero-order chi connectivity index (χ0) is 31.4. The lowest BCUT2D eigenvalue weighted by Gasteiger charge is -2.17. The molecule has 3 aromatic rings. The summed E-state index contributed by atoms with van der Waals surface area (Å²) in [5.74, 6) is -2.00. The van der Waals surface area contributed by atoms with Gasteiger partial charge in [0.15, 0.2) is 5.13 Å². The fraction of sp³-hybridized carbons (Fsp3) is 0.424. The Morgan fingerprint density at radius 1 is 1.07 bits per heavy atom. The Kier molecular flexibility index (Phi) is 14.1. The van der Waals surface area contributed by atoms with E-state index in [-0.39, 0.29) is 38.2 Å². The lowest BCUT2D eigenvalue weighted by atomic mass is 9.98. The van der Waals surface area contributed by atoms with Crippen LogP contribution >= 0.6 is 34.5 Å². The number of hydrogen-bond acceptors (Lipinski definition) is 5. The molecule has 43 heavy (non-hydrogen) atoms. The topological polar surface area (TPSA) is 88.5 Å². The first-order valence-corrected chi connectivity index (χ1v) is 16.3. The quantitative estimate of drug-likeness (QED) is 0.112. The number of aromatic nitrogens is 1. The Morgan fingerprint density at radius 2 is 1.70 bits per heavy atom. The molecule has 3 rings (SSSR count). The molecule has 0 aliphatic heterocycles. The summed E-state index contributed by atoms with van der Waals surface area (Å²) >= 11 is 13.8. The highest BCUT2D eigenvalue weighted by Gasteiger charge is 2.20. The molecule has 0 saturated carbocycles. The van der Waals surface area contributed by atoms with E-state index in [0.29, 0.717) is 22.4 Å². The average molecular weight is 650 g/mol. The smallest absolute Gasteiger partial charge is 0.331 e. The first kappa shape index (κ1) is 34.7. The number of rotatable bonds is 17. The van der Waals surface area contributed by atoms with Crippen molar-refractivity contribution in [2.75, 3.05) is 12.4 Å². The van der Waals surface area contributed by atoms with Crippen molar-refractivity contribution in [2.45, 2.75) is 84.2 Å². The van der Waals surface area contributed by atoms with Crippen LogP contribution in [0.1, 0.15) is 106 Å². The van der Waals surface area contributed by atoms with Gasteiger partial charge in [-0.3, -0.25) is 10.1 Å². The highest BCUT2D eigenvalue weighted by Crippen LogP contribution is 2.34. The molecule has 0 radical (unpaired) electrons. The predicted molar refractivity (Wildman–Crippen MR) is 175 cm³/mol. The highest BCUT2D eigenvalue weighted by atomic mass is 35.5. The standard InChI is InChI=1S/C33H39Cl2FN2O4S/c1-4-5-6-7-8-9-10-11-12-16-29(42-3)24-15-13-14-23(30(24)36)28-20-43-33(37-28)38-31(39)22-18-26(34)25(27(35)19-22)17-21(2)32(40)41/h13-15,17-20,29H,4-12,16H2,1-3H3,(H,40,41)(H,37,38,39). The van der Waals surface area contributed by atoms with Gasteiger partial charge in [-0.1, -0.05) is 100 Å². The molecule has 0 spiro atoms. The number of benzene rings is 2. The number of aliphatic carboxylic acids is 1. The summed E-state index contributed by atoms with van der Waals surface area (Å²) in [4.78, 5) is 28.5. The maximum atomic E-state index is 15.7. The third kappa shape index (κ3) is 10.1. The third-order valence-corrected chi connectivity index (χ3v) is 8.65. The minimum Gasteiger partial charge on any atom is -0.478 e. The maximum Gasteiger partial charge on any atom is 0.331 e. The van der Waals surface area contributed by atoms with E-state index < -0.39 is 11.9 Å². The Morgan fingerprint density at radius 3 is 2.30 bits per heavy atom. The summed E-state index contributed by atoms with van der Waals surface area (Å²) < 4.78 is 21.4. The van der Waals surface area contributed by atoms with Gasteiger partial charge in [-0.25, -0.2) is 14.2 Å². The second-order valence-corrected chi connectivity index (χ2v) is 12.2. The normalized spacial score (nSPS) is 12.4. The number of carbonyl (C=O) groups excluding carboxylic acids is 1. The lowest BCUT2D eigenvalue weighted by Crippen LogP contribution is -2.12. The summed E-state index contributed by atoms with van der Waals surface area (Å²) in [6.07, 6.45) is 12.7. The van der Waals surface area contributed by atoms with E-state index in [4.69, 9.17) is 33.0 Å². The highest BCUT2D eigenvalue weighted by molar-refractivity contribution is 7.14. The number of thiazole rings is 1.